The van der Waals surface area contributed by atoms with Gasteiger partial charge in [-0.05, 0) is 17.7 Å². The van der Waals surface area contributed by atoms with E-state index in [1.165, 1.54) is 0 Å². The Balaban J connectivity index is 1.99. The number of hydrogen-bond donors (Lipinski definition) is 1. The van der Waals surface area contributed by atoms with Gasteiger partial charge in [0.15, 0.2) is 11.5 Å². The van der Waals surface area contributed by atoms with Gasteiger partial charge in [-0.25, -0.2) is 0 Å². The fraction of sp³-hybridized carbons (Fsp3) is 0.0526. The summed E-state index contributed by atoms with van der Waals surface area (Å²) in [7, 11) is 0. The number of nitrogens with zero attached hydrogens (tertiary/aromatic N) is 2. The minimum absolute atomic E-state index is 0.102. The third-order valence-electron chi connectivity index (χ3n) is 4.33. The van der Waals surface area contributed by atoms with Crippen LogP contribution < -0.4 is 5.73 Å². The van der Waals surface area contributed by atoms with E-state index >= 15 is 0 Å². The number of aromatic nitrogens is 1. The summed E-state index contributed by atoms with van der Waals surface area (Å²) in [6, 6.07) is 11.9. The number of Topliss-reactive ketones (excluding diaryl/α,β-unsaturated/α-hetero) is 2. The third-order valence-corrected chi connectivity index (χ3v) is 4.33. The molecule has 2 aromatic rings. The topological polar surface area (TPSA) is 106 Å². The van der Waals surface area contributed by atoms with Crippen LogP contribution >= 0.6 is 0 Å². The van der Waals surface area contributed by atoms with Crippen molar-refractivity contribution in [1.82, 2.24) is 4.98 Å². The van der Waals surface area contributed by atoms with Crippen LogP contribution in [-0.2, 0) is 4.74 Å². The van der Waals surface area contributed by atoms with Gasteiger partial charge >= 0.3 is 0 Å². The van der Waals surface area contributed by atoms with Crippen molar-refractivity contribution in [1.29, 1.82) is 5.26 Å². The number of hydrogen-bond acceptors (Lipinski definition) is 6. The molecule has 1 aliphatic carbocycles. The summed E-state index contributed by atoms with van der Waals surface area (Å²) in [5, 5.41) is 9.53. The molecule has 1 aliphatic heterocycles. The SMILES string of the molecule is N#CC1=C(N)OC2=C(C(=O)c3ccccc3C2=O)[C@@H]1c1ccncc1. The molecule has 6 nitrogen and oxygen atoms in total. The lowest BCUT2D eigenvalue weighted by atomic mass is 9.75. The first kappa shape index (κ1) is 14.8. The van der Waals surface area contributed by atoms with Gasteiger partial charge in [-0.1, -0.05) is 24.3 Å². The van der Waals surface area contributed by atoms with Crippen LogP contribution in [0, 0.1) is 11.3 Å². The maximum Gasteiger partial charge on any atom is 0.229 e. The second-order valence-electron chi connectivity index (χ2n) is 5.65. The molecule has 4 rings (SSSR count). The highest BCUT2D eigenvalue weighted by Gasteiger charge is 2.43. The Kier molecular flexibility index (Phi) is 3.22. The summed E-state index contributed by atoms with van der Waals surface area (Å²) < 4.78 is 5.41. The number of benzene rings is 1. The van der Waals surface area contributed by atoms with Crippen molar-refractivity contribution in [2.75, 3.05) is 0 Å². The molecular formula is C19H11N3O3. The number of ether oxygens (including phenoxy) is 1. The third kappa shape index (κ3) is 2.07. The number of carbonyl (C=O) groups excluding carboxylic acids is 2. The first-order chi connectivity index (χ1) is 12.1. The van der Waals surface area contributed by atoms with Crippen LogP contribution in [0.1, 0.15) is 32.2 Å². The number of ketones is 2. The van der Waals surface area contributed by atoms with Crippen LogP contribution in [0.4, 0.5) is 0 Å². The number of rotatable bonds is 1. The molecule has 1 aromatic heterocycles. The molecule has 0 bridgehead atoms. The van der Waals surface area contributed by atoms with E-state index in [0.717, 1.165) is 0 Å². The molecule has 1 aromatic carbocycles. The summed E-state index contributed by atoms with van der Waals surface area (Å²) in [6.45, 7) is 0. The van der Waals surface area contributed by atoms with E-state index in [4.69, 9.17) is 10.5 Å². The number of fused-ring (bicyclic) bond motifs is 1. The molecule has 0 saturated heterocycles. The van der Waals surface area contributed by atoms with E-state index in [-0.39, 0.29) is 34.1 Å². The van der Waals surface area contributed by atoms with Crippen molar-refractivity contribution in [3.8, 4) is 6.07 Å². The largest absolute Gasteiger partial charge is 0.436 e. The predicted octanol–water partition coefficient (Wildman–Crippen LogP) is 2.22. The number of pyridine rings is 1. The highest BCUT2D eigenvalue weighted by molar-refractivity contribution is 6.27. The van der Waals surface area contributed by atoms with Gasteiger partial charge in [0, 0.05) is 23.5 Å². The van der Waals surface area contributed by atoms with Gasteiger partial charge in [-0.3, -0.25) is 14.6 Å². The smallest absolute Gasteiger partial charge is 0.229 e. The standard InChI is InChI=1S/C19H11N3O3/c20-9-13-14(10-5-7-22-8-6-10)15-16(23)11-3-1-2-4-12(11)17(24)18(15)25-19(13)21/h1-8,14H,21H2/t14-/m1/s1. The van der Waals surface area contributed by atoms with E-state index in [0.29, 0.717) is 11.1 Å². The highest BCUT2D eigenvalue weighted by atomic mass is 16.5. The number of allylic oxidation sites excluding steroid dienone is 3. The predicted molar refractivity (Wildman–Crippen MR) is 87.0 cm³/mol. The molecule has 2 heterocycles. The Morgan fingerprint density at radius 3 is 2.32 bits per heavy atom. The van der Waals surface area contributed by atoms with Gasteiger partial charge in [-0.15, -0.1) is 0 Å². The van der Waals surface area contributed by atoms with Crippen LogP contribution in [-0.4, -0.2) is 16.6 Å². The van der Waals surface area contributed by atoms with Gasteiger partial charge in [0.05, 0.1) is 11.5 Å². The van der Waals surface area contributed by atoms with E-state index in [2.05, 4.69) is 4.98 Å². The number of carbonyl (C=O) groups is 2. The molecule has 120 valence electrons. The van der Waals surface area contributed by atoms with Crippen molar-refractivity contribution in [2.24, 2.45) is 5.73 Å². The molecule has 25 heavy (non-hydrogen) atoms. The molecule has 2 aliphatic rings. The minimum atomic E-state index is -0.762. The highest BCUT2D eigenvalue weighted by Crippen LogP contribution is 2.43. The second-order valence-corrected chi connectivity index (χ2v) is 5.65. The monoisotopic (exact) mass is 329 g/mol. The normalized spacial score (nSPS) is 19.1. The van der Waals surface area contributed by atoms with Crippen molar-refractivity contribution in [3.05, 3.63) is 88.3 Å². The molecule has 0 fully saturated rings. The maximum atomic E-state index is 13.1. The van der Waals surface area contributed by atoms with Gasteiger partial charge < -0.3 is 10.5 Å². The molecule has 0 unspecified atom stereocenters. The lowest BCUT2D eigenvalue weighted by Crippen LogP contribution is -2.32. The Bertz CT molecular complexity index is 1030. The summed E-state index contributed by atoms with van der Waals surface area (Å²) >= 11 is 0. The summed E-state index contributed by atoms with van der Waals surface area (Å²) in [5.74, 6) is -1.79. The first-order valence-electron chi connectivity index (χ1n) is 7.53. The zero-order chi connectivity index (χ0) is 17.6. The summed E-state index contributed by atoms with van der Waals surface area (Å²) in [6.07, 6.45) is 3.11. The van der Waals surface area contributed by atoms with Crippen molar-refractivity contribution in [2.45, 2.75) is 5.92 Å². The lowest BCUT2D eigenvalue weighted by molar-refractivity contribution is 0.0897. The minimum Gasteiger partial charge on any atom is -0.436 e. The van der Waals surface area contributed by atoms with Crippen LogP contribution in [0.2, 0.25) is 0 Å². The van der Waals surface area contributed by atoms with Crippen molar-refractivity contribution in [3.63, 3.8) is 0 Å². The summed E-state index contributed by atoms with van der Waals surface area (Å²) in [4.78, 5) is 29.8. The molecule has 0 saturated carbocycles. The van der Waals surface area contributed by atoms with Gasteiger partial charge in [0.25, 0.3) is 0 Å². The van der Waals surface area contributed by atoms with Crippen LogP contribution in [0.5, 0.6) is 0 Å². The Morgan fingerprint density at radius 2 is 1.68 bits per heavy atom. The molecular weight excluding hydrogens is 318 g/mol. The Labute approximate surface area is 142 Å². The fourth-order valence-corrected chi connectivity index (χ4v) is 3.20. The number of nitrogens with two attached hydrogens (primary N) is 1. The molecule has 0 radical (unpaired) electrons. The fourth-order valence-electron chi connectivity index (χ4n) is 3.20. The quantitative estimate of drug-likeness (QED) is 0.860. The van der Waals surface area contributed by atoms with E-state index in [1.807, 2.05) is 6.07 Å². The lowest BCUT2D eigenvalue weighted by Gasteiger charge is -2.30. The van der Waals surface area contributed by atoms with E-state index in [1.54, 1.807) is 48.8 Å². The van der Waals surface area contributed by atoms with Crippen LogP contribution in [0.15, 0.2) is 71.6 Å². The van der Waals surface area contributed by atoms with Crippen molar-refractivity contribution < 1.29 is 14.3 Å². The molecule has 0 spiro atoms. The average Bonchev–Trinajstić information content (AvgIpc) is 2.66. The first-order valence-corrected chi connectivity index (χ1v) is 7.53. The molecule has 6 heteroatoms. The summed E-state index contributed by atoms with van der Waals surface area (Å²) in [5.41, 5.74) is 7.33. The second kappa shape index (κ2) is 5.42. The van der Waals surface area contributed by atoms with Crippen LogP contribution in [0.3, 0.4) is 0 Å². The van der Waals surface area contributed by atoms with Crippen LogP contribution in [0.25, 0.3) is 0 Å². The van der Waals surface area contributed by atoms with Gasteiger partial charge in [0.1, 0.15) is 11.6 Å². The molecule has 1 atom stereocenters. The maximum absolute atomic E-state index is 13.1. The Hall–Kier alpha value is -3.72. The zero-order valence-electron chi connectivity index (χ0n) is 12.9. The Morgan fingerprint density at radius 1 is 1.04 bits per heavy atom. The van der Waals surface area contributed by atoms with E-state index in [9.17, 15) is 14.9 Å². The average molecular weight is 329 g/mol. The van der Waals surface area contributed by atoms with Crippen molar-refractivity contribution >= 4 is 11.6 Å². The van der Waals surface area contributed by atoms with Gasteiger partial charge in [-0.2, -0.15) is 5.26 Å². The molecule has 0 amide bonds. The number of nitriles is 1. The zero-order valence-corrected chi connectivity index (χ0v) is 12.9. The van der Waals surface area contributed by atoms with Gasteiger partial charge in [0.2, 0.25) is 11.7 Å². The molecule has 2 N–H and O–H groups in total. The van der Waals surface area contributed by atoms with E-state index < -0.39 is 11.7 Å².